The number of nitrogens with one attached hydrogen (secondary N) is 2. The summed E-state index contributed by atoms with van der Waals surface area (Å²) in [5, 5.41) is 5.74. The Morgan fingerprint density at radius 3 is 2.48 bits per heavy atom. The van der Waals surface area contributed by atoms with Crippen LogP contribution in [0.4, 0.5) is 13.6 Å². The standard InChI is InChI=1S/C20H17ClF2N2O2/c21-14-4-1-11(2-5-14)15(8-18(26)17-10-24-19(27)25-17)12-3-6-16-13(7-12)9-20(16,22)23/h1-7,15,17H,8-10H2,(H2,24,25,27)/t15?,17-/m0/s1. The van der Waals surface area contributed by atoms with Gasteiger partial charge in [0.25, 0.3) is 5.92 Å². The van der Waals surface area contributed by atoms with Crippen LogP contribution in [-0.4, -0.2) is 24.4 Å². The molecular formula is C20H17ClF2N2O2. The Balaban J connectivity index is 1.64. The summed E-state index contributed by atoms with van der Waals surface area (Å²) >= 11 is 5.97. The molecule has 2 aliphatic rings. The summed E-state index contributed by atoms with van der Waals surface area (Å²) in [7, 11) is 0. The van der Waals surface area contributed by atoms with Gasteiger partial charge >= 0.3 is 6.03 Å². The number of carbonyl (C=O) groups excluding carboxylic acids is 2. The molecule has 7 heteroatoms. The molecule has 0 saturated carbocycles. The molecule has 140 valence electrons. The largest absolute Gasteiger partial charge is 0.336 e. The first kappa shape index (κ1) is 17.9. The van der Waals surface area contributed by atoms with Crippen LogP contribution < -0.4 is 10.6 Å². The highest BCUT2D eigenvalue weighted by atomic mass is 35.5. The van der Waals surface area contributed by atoms with Gasteiger partial charge < -0.3 is 10.6 Å². The maximum absolute atomic E-state index is 13.6. The minimum atomic E-state index is -2.76. The molecule has 2 amide bonds. The van der Waals surface area contributed by atoms with Gasteiger partial charge in [-0.15, -0.1) is 0 Å². The second-order valence-electron chi connectivity index (χ2n) is 6.98. The van der Waals surface area contributed by atoms with Gasteiger partial charge in [0, 0.05) is 35.9 Å². The second kappa shape index (κ2) is 6.60. The molecule has 0 bridgehead atoms. The number of benzene rings is 2. The lowest BCUT2D eigenvalue weighted by atomic mass is 9.79. The molecule has 27 heavy (non-hydrogen) atoms. The van der Waals surface area contributed by atoms with E-state index < -0.39 is 12.0 Å². The second-order valence-corrected chi connectivity index (χ2v) is 7.42. The average molecular weight is 391 g/mol. The number of ketones is 1. The SMILES string of the molecule is O=C1NC[C@@H](C(=O)CC(c2ccc(Cl)cc2)c2ccc3c(c2)CC3(F)F)N1. The van der Waals surface area contributed by atoms with Crippen LogP contribution in [0.2, 0.25) is 5.02 Å². The van der Waals surface area contributed by atoms with Crippen LogP contribution in [0.15, 0.2) is 42.5 Å². The molecule has 2 aromatic rings. The number of amides is 2. The average Bonchev–Trinajstić information content (AvgIpc) is 3.06. The predicted molar refractivity (Wildman–Crippen MR) is 97.3 cm³/mol. The first-order chi connectivity index (χ1) is 12.8. The van der Waals surface area contributed by atoms with Gasteiger partial charge in [-0.05, 0) is 28.8 Å². The van der Waals surface area contributed by atoms with Crippen LogP contribution in [0.1, 0.15) is 34.6 Å². The summed E-state index contributed by atoms with van der Waals surface area (Å²) < 4.78 is 27.1. The van der Waals surface area contributed by atoms with E-state index in [2.05, 4.69) is 10.6 Å². The van der Waals surface area contributed by atoms with Gasteiger partial charge in [-0.2, -0.15) is 0 Å². The highest BCUT2D eigenvalue weighted by molar-refractivity contribution is 6.30. The van der Waals surface area contributed by atoms with E-state index in [1.807, 2.05) is 12.1 Å². The number of urea groups is 1. The van der Waals surface area contributed by atoms with Crippen LogP contribution in [0.5, 0.6) is 0 Å². The molecule has 2 atom stereocenters. The molecule has 4 rings (SSSR count). The van der Waals surface area contributed by atoms with Crippen molar-refractivity contribution in [2.24, 2.45) is 0 Å². The van der Waals surface area contributed by atoms with E-state index in [0.717, 1.165) is 11.1 Å². The fraction of sp³-hybridized carbons (Fsp3) is 0.300. The maximum Gasteiger partial charge on any atom is 0.315 e. The molecular weight excluding hydrogens is 374 g/mol. The van der Waals surface area contributed by atoms with Crippen molar-refractivity contribution in [3.8, 4) is 0 Å². The van der Waals surface area contributed by atoms with E-state index in [1.165, 1.54) is 6.07 Å². The van der Waals surface area contributed by atoms with Gasteiger partial charge in [0.05, 0.1) is 0 Å². The zero-order valence-electron chi connectivity index (χ0n) is 14.3. The Morgan fingerprint density at radius 1 is 1.19 bits per heavy atom. The smallest absolute Gasteiger partial charge is 0.315 e. The Hall–Kier alpha value is -2.47. The molecule has 1 heterocycles. The molecule has 2 aromatic carbocycles. The molecule has 1 aliphatic heterocycles. The topological polar surface area (TPSA) is 58.2 Å². The lowest BCUT2D eigenvalue weighted by Gasteiger charge is -2.31. The number of Topliss-reactive ketones (excluding diaryl/α,β-unsaturated/α-hetero) is 1. The van der Waals surface area contributed by atoms with Crippen molar-refractivity contribution in [2.45, 2.75) is 30.7 Å². The van der Waals surface area contributed by atoms with E-state index in [4.69, 9.17) is 11.6 Å². The molecule has 0 spiro atoms. The fourth-order valence-electron chi connectivity index (χ4n) is 3.68. The highest BCUT2D eigenvalue weighted by Gasteiger charge is 2.44. The van der Waals surface area contributed by atoms with Crippen molar-refractivity contribution in [1.82, 2.24) is 10.6 Å². The molecule has 1 fully saturated rings. The molecule has 4 nitrogen and oxygen atoms in total. The summed E-state index contributed by atoms with van der Waals surface area (Å²) in [4.78, 5) is 24.0. The maximum atomic E-state index is 13.6. The Bertz CT molecular complexity index is 915. The van der Waals surface area contributed by atoms with Crippen molar-refractivity contribution in [3.05, 3.63) is 69.7 Å². The Morgan fingerprint density at radius 2 is 1.89 bits per heavy atom. The summed E-state index contributed by atoms with van der Waals surface area (Å²) in [6.45, 7) is 0.251. The van der Waals surface area contributed by atoms with Crippen molar-refractivity contribution in [1.29, 1.82) is 0 Å². The Labute approximate surface area is 159 Å². The molecule has 1 saturated heterocycles. The Kier molecular flexibility index (Phi) is 4.38. The van der Waals surface area contributed by atoms with E-state index in [1.54, 1.807) is 24.3 Å². The minimum absolute atomic E-state index is 0.0553. The normalized spacial score (nSPS) is 20.9. The molecule has 2 N–H and O–H groups in total. The zero-order valence-corrected chi connectivity index (χ0v) is 15.0. The van der Waals surface area contributed by atoms with Gasteiger partial charge in [-0.3, -0.25) is 4.79 Å². The highest BCUT2D eigenvalue weighted by Crippen LogP contribution is 2.45. The molecule has 1 unspecified atom stereocenters. The van der Waals surface area contributed by atoms with Crippen molar-refractivity contribution in [2.75, 3.05) is 6.54 Å². The first-order valence-electron chi connectivity index (χ1n) is 8.67. The van der Waals surface area contributed by atoms with Crippen molar-refractivity contribution in [3.63, 3.8) is 0 Å². The van der Waals surface area contributed by atoms with E-state index in [0.29, 0.717) is 10.6 Å². The van der Waals surface area contributed by atoms with Gasteiger partial charge in [-0.1, -0.05) is 41.9 Å². The lowest BCUT2D eigenvalue weighted by molar-refractivity contribution is -0.120. The van der Waals surface area contributed by atoms with E-state index in [9.17, 15) is 18.4 Å². The number of fused-ring (bicyclic) bond motifs is 1. The summed E-state index contributed by atoms with van der Waals surface area (Å²) in [6, 6.07) is 11.1. The zero-order chi connectivity index (χ0) is 19.2. The third-order valence-corrected chi connectivity index (χ3v) is 5.43. The number of halogens is 3. The number of hydrogen-bond donors (Lipinski definition) is 2. The van der Waals surface area contributed by atoms with Crippen LogP contribution in [0, 0.1) is 0 Å². The van der Waals surface area contributed by atoms with Crippen LogP contribution in [-0.2, 0) is 17.1 Å². The molecule has 1 aliphatic carbocycles. The van der Waals surface area contributed by atoms with Gasteiger partial charge in [0.1, 0.15) is 6.04 Å². The monoisotopic (exact) mass is 390 g/mol. The van der Waals surface area contributed by atoms with Crippen LogP contribution >= 0.6 is 11.6 Å². The third-order valence-electron chi connectivity index (χ3n) is 5.18. The summed E-state index contributed by atoms with van der Waals surface area (Å²) in [5.74, 6) is -3.17. The third kappa shape index (κ3) is 3.41. The predicted octanol–water partition coefficient (Wildman–Crippen LogP) is 3.76. The number of alkyl halides is 2. The van der Waals surface area contributed by atoms with Crippen LogP contribution in [0.3, 0.4) is 0 Å². The van der Waals surface area contributed by atoms with Gasteiger partial charge in [-0.25, -0.2) is 13.6 Å². The van der Waals surface area contributed by atoms with Crippen molar-refractivity contribution >= 4 is 23.4 Å². The number of carbonyl (C=O) groups is 2. The summed E-state index contributed by atoms with van der Waals surface area (Å²) in [5.41, 5.74) is 2.34. The molecule has 0 radical (unpaired) electrons. The van der Waals surface area contributed by atoms with Crippen LogP contribution in [0.25, 0.3) is 0 Å². The minimum Gasteiger partial charge on any atom is -0.336 e. The number of hydrogen-bond acceptors (Lipinski definition) is 2. The fourth-order valence-corrected chi connectivity index (χ4v) is 3.80. The van der Waals surface area contributed by atoms with E-state index in [-0.39, 0.29) is 42.7 Å². The first-order valence-corrected chi connectivity index (χ1v) is 9.05. The molecule has 0 aromatic heterocycles. The van der Waals surface area contributed by atoms with Crippen molar-refractivity contribution < 1.29 is 18.4 Å². The van der Waals surface area contributed by atoms with E-state index >= 15 is 0 Å². The quantitative estimate of drug-likeness (QED) is 0.816. The van der Waals surface area contributed by atoms with Gasteiger partial charge in [0.2, 0.25) is 0 Å². The lowest BCUT2D eigenvalue weighted by Crippen LogP contribution is -2.35. The number of rotatable bonds is 5. The van der Waals surface area contributed by atoms with Gasteiger partial charge in [0.15, 0.2) is 5.78 Å². The summed E-state index contributed by atoms with van der Waals surface area (Å²) in [6.07, 6.45) is -0.122.